The highest BCUT2D eigenvalue weighted by molar-refractivity contribution is 6.37. The molecule has 0 bridgehead atoms. The normalized spacial score (nSPS) is 10.8. The van der Waals surface area contributed by atoms with Gasteiger partial charge in [0.25, 0.3) is 5.69 Å². The summed E-state index contributed by atoms with van der Waals surface area (Å²) >= 11 is 12.5. The first-order valence-electron chi connectivity index (χ1n) is 8.59. The van der Waals surface area contributed by atoms with E-state index in [9.17, 15) is 20.2 Å². The van der Waals surface area contributed by atoms with E-state index in [2.05, 4.69) is 15.5 Å². The largest absolute Gasteiger partial charge is 0.486 e. The molecule has 2 aromatic carbocycles. The average molecular weight is 462 g/mol. The molecule has 10 nitrogen and oxygen atoms in total. The first kappa shape index (κ1) is 21.9. The smallest absolute Gasteiger partial charge is 0.313 e. The van der Waals surface area contributed by atoms with Crippen LogP contribution in [-0.4, -0.2) is 21.0 Å². The number of pyridine rings is 1. The first-order chi connectivity index (χ1) is 14.8. The molecule has 0 aliphatic carbocycles. The molecular formula is C19H13Cl2N5O5. The fourth-order valence-electron chi connectivity index (χ4n) is 2.51. The Kier molecular flexibility index (Phi) is 6.96. The topological polar surface area (TPSA) is 133 Å². The summed E-state index contributed by atoms with van der Waals surface area (Å²) in [6.45, 7) is 0.0272. The lowest BCUT2D eigenvalue weighted by Gasteiger charge is -2.11. The van der Waals surface area contributed by atoms with Crippen molar-refractivity contribution in [3.8, 4) is 5.75 Å². The molecule has 3 aromatic rings. The van der Waals surface area contributed by atoms with Gasteiger partial charge in [0.1, 0.15) is 6.61 Å². The van der Waals surface area contributed by atoms with Gasteiger partial charge in [-0.3, -0.25) is 25.7 Å². The Hall–Kier alpha value is -3.76. The van der Waals surface area contributed by atoms with Gasteiger partial charge < -0.3 is 4.74 Å². The molecule has 158 valence electrons. The van der Waals surface area contributed by atoms with E-state index in [0.717, 1.165) is 0 Å². The van der Waals surface area contributed by atoms with E-state index in [4.69, 9.17) is 27.9 Å². The Labute approximate surface area is 185 Å². The van der Waals surface area contributed by atoms with Crippen LogP contribution in [0.3, 0.4) is 0 Å². The fraction of sp³-hybridized carbons (Fsp3) is 0.0526. The summed E-state index contributed by atoms with van der Waals surface area (Å²) in [5.41, 5.74) is 3.31. The third kappa shape index (κ3) is 5.65. The molecule has 0 aliphatic rings. The maximum atomic E-state index is 11.0. The molecule has 0 fully saturated rings. The number of hydrogen-bond donors (Lipinski definition) is 1. The number of non-ortho nitro benzene ring substituents is 1. The van der Waals surface area contributed by atoms with E-state index in [-0.39, 0.29) is 39.6 Å². The molecule has 3 rings (SSSR count). The van der Waals surface area contributed by atoms with Crippen molar-refractivity contribution < 1.29 is 14.6 Å². The average Bonchev–Trinajstić information content (AvgIpc) is 2.73. The van der Waals surface area contributed by atoms with E-state index in [1.165, 1.54) is 48.8 Å². The number of rotatable bonds is 8. The highest BCUT2D eigenvalue weighted by atomic mass is 35.5. The van der Waals surface area contributed by atoms with Crippen LogP contribution < -0.4 is 10.2 Å². The van der Waals surface area contributed by atoms with E-state index >= 15 is 0 Å². The van der Waals surface area contributed by atoms with Crippen molar-refractivity contribution in [2.45, 2.75) is 6.61 Å². The summed E-state index contributed by atoms with van der Waals surface area (Å²) in [5.74, 6) is 0.193. The quantitative estimate of drug-likeness (QED) is 0.275. The number of hydrazone groups is 1. The van der Waals surface area contributed by atoms with Crippen LogP contribution in [-0.2, 0) is 6.61 Å². The molecule has 0 unspecified atom stereocenters. The predicted molar refractivity (Wildman–Crippen MR) is 116 cm³/mol. The highest BCUT2D eigenvalue weighted by Crippen LogP contribution is 2.34. The van der Waals surface area contributed by atoms with E-state index in [0.29, 0.717) is 11.1 Å². The number of aromatic nitrogens is 1. The van der Waals surface area contributed by atoms with Gasteiger partial charge in [0.15, 0.2) is 5.75 Å². The lowest BCUT2D eigenvalue weighted by Crippen LogP contribution is -2.00. The zero-order valence-corrected chi connectivity index (χ0v) is 17.1. The van der Waals surface area contributed by atoms with Crippen LogP contribution in [0.25, 0.3) is 0 Å². The maximum Gasteiger partial charge on any atom is 0.313 e. The van der Waals surface area contributed by atoms with Gasteiger partial charge in [-0.2, -0.15) is 5.10 Å². The second kappa shape index (κ2) is 9.83. The Morgan fingerprint density at radius 3 is 2.48 bits per heavy atom. The molecule has 0 saturated carbocycles. The summed E-state index contributed by atoms with van der Waals surface area (Å²) in [7, 11) is 0. The van der Waals surface area contributed by atoms with Gasteiger partial charge in [0, 0.05) is 24.4 Å². The number of hydrogen-bond acceptors (Lipinski definition) is 8. The summed E-state index contributed by atoms with van der Waals surface area (Å²) in [5, 5.41) is 26.2. The number of anilines is 1. The Balaban J connectivity index is 1.70. The van der Waals surface area contributed by atoms with Crippen molar-refractivity contribution in [3.63, 3.8) is 0 Å². The molecule has 0 atom stereocenters. The van der Waals surface area contributed by atoms with Crippen molar-refractivity contribution in [1.29, 1.82) is 0 Å². The van der Waals surface area contributed by atoms with Crippen LogP contribution in [0, 0.1) is 20.2 Å². The zero-order valence-electron chi connectivity index (χ0n) is 15.6. The summed E-state index contributed by atoms with van der Waals surface area (Å²) in [6, 6.07) is 11.8. The molecule has 0 saturated heterocycles. The van der Waals surface area contributed by atoms with Crippen molar-refractivity contribution in [2.75, 3.05) is 5.43 Å². The number of nitrogens with zero attached hydrogens (tertiary/aromatic N) is 4. The van der Waals surface area contributed by atoms with Crippen LogP contribution in [0.1, 0.15) is 11.1 Å². The van der Waals surface area contributed by atoms with Gasteiger partial charge >= 0.3 is 5.69 Å². The number of nitro benzene ring substituents is 1. The number of nitro groups is 2. The number of benzene rings is 2. The summed E-state index contributed by atoms with van der Waals surface area (Å²) < 4.78 is 5.63. The molecular weight excluding hydrogens is 449 g/mol. The van der Waals surface area contributed by atoms with E-state index in [1.807, 2.05) is 0 Å². The van der Waals surface area contributed by atoms with E-state index in [1.54, 1.807) is 12.1 Å². The van der Waals surface area contributed by atoms with Gasteiger partial charge in [-0.1, -0.05) is 35.3 Å². The molecule has 0 aliphatic heterocycles. The van der Waals surface area contributed by atoms with Crippen LogP contribution in [0.15, 0.2) is 59.8 Å². The molecule has 1 heterocycles. The second-order valence-corrected chi connectivity index (χ2v) is 6.84. The molecule has 31 heavy (non-hydrogen) atoms. The number of nitrogens with one attached hydrogen (secondary N) is 1. The minimum atomic E-state index is -0.577. The lowest BCUT2D eigenvalue weighted by atomic mass is 10.2. The minimum Gasteiger partial charge on any atom is -0.486 e. The van der Waals surface area contributed by atoms with Crippen LogP contribution in [0.4, 0.5) is 17.2 Å². The molecule has 12 heteroatoms. The van der Waals surface area contributed by atoms with Crippen LogP contribution in [0.2, 0.25) is 10.0 Å². The Morgan fingerprint density at radius 2 is 1.81 bits per heavy atom. The molecule has 0 amide bonds. The van der Waals surface area contributed by atoms with Gasteiger partial charge in [-0.25, -0.2) is 4.98 Å². The summed E-state index contributed by atoms with van der Waals surface area (Å²) in [4.78, 5) is 24.7. The SMILES string of the molecule is O=[N+]([O-])c1cccc(COc2c(Cl)cc(/C=N\Nc3ncccc3[N+](=O)[O-])cc2Cl)c1. The molecule has 0 spiro atoms. The van der Waals surface area contributed by atoms with Gasteiger partial charge in [-0.05, 0) is 29.3 Å². The van der Waals surface area contributed by atoms with Crippen molar-refractivity contribution in [2.24, 2.45) is 5.10 Å². The molecule has 0 radical (unpaired) electrons. The van der Waals surface area contributed by atoms with Crippen LogP contribution >= 0.6 is 23.2 Å². The zero-order chi connectivity index (χ0) is 22.4. The summed E-state index contributed by atoms with van der Waals surface area (Å²) in [6.07, 6.45) is 2.76. The maximum absolute atomic E-state index is 11.0. The number of halogens is 2. The molecule has 1 aromatic heterocycles. The Morgan fingerprint density at radius 1 is 1.06 bits per heavy atom. The second-order valence-electron chi connectivity index (χ2n) is 6.03. The van der Waals surface area contributed by atoms with Gasteiger partial charge in [0.05, 0.1) is 26.1 Å². The first-order valence-corrected chi connectivity index (χ1v) is 9.34. The van der Waals surface area contributed by atoms with Crippen molar-refractivity contribution in [1.82, 2.24) is 4.98 Å². The van der Waals surface area contributed by atoms with E-state index < -0.39 is 9.85 Å². The fourth-order valence-corrected chi connectivity index (χ4v) is 3.12. The standard InChI is InChI=1S/C19H13Cl2N5O5/c20-15-8-13(10-23-24-19-17(26(29)30)5-2-6-22-19)9-16(21)18(15)31-11-12-3-1-4-14(7-12)25(27)28/h1-10H,11H2,(H,22,24)/b23-10-. The number of ether oxygens (including phenoxy) is 1. The lowest BCUT2D eigenvalue weighted by molar-refractivity contribution is -0.385. The Bertz CT molecular complexity index is 1150. The third-order valence-electron chi connectivity index (χ3n) is 3.89. The van der Waals surface area contributed by atoms with Crippen molar-refractivity contribution in [3.05, 3.63) is 96.1 Å². The van der Waals surface area contributed by atoms with Gasteiger partial charge in [-0.15, -0.1) is 0 Å². The van der Waals surface area contributed by atoms with Crippen LogP contribution in [0.5, 0.6) is 5.75 Å². The van der Waals surface area contributed by atoms with Crippen molar-refractivity contribution >= 4 is 46.6 Å². The minimum absolute atomic E-state index is 0.0159. The van der Waals surface area contributed by atoms with Gasteiger partial charge in [0.2, 0.25) is 5.82 Å². The highest BCUT2D eigenvalue weighted by Gasteiger charge is 2.14. The predicted octanol–water partition coefficient (Wildman–Crippen LogP) is 5.23. The monoisotopic (exact) mass is 461 g/mol. The molecule has 1 N–H and O–H groups in total. The third-order valence-corrected chi connectivity index (χ3v) is 4.45.